The van der Waals surface area contributed by atoms with Gasteiger partial charge in [0.1, 0.15) is 5.54 Å². The quantitative estimate of drug-likeness (QED) is 0.615. The number of likely N-dealkylation sites (tertiary alicyclic amines) is 1. The Labute approximate surface area is 192 Å². The number of carbonyl (C=O) groups is 2. The number of hydrogen-bond donors (Lipinski definition) is 1. The summed E-state index contributed by atoms with van der Waals surface area (Å²) >= 11 is 6.12. The molecule has 1 aliphatic heterocycles. The van der Waals surface area contributed by atoms with Crippen LogP contribution >= 0.6 is 11.6 Å². The first-order valence-corrected chi connectivity index (χ1v) is 11.0. The molecule has 0 radical (unpaired) electrons. The normalized spacial score (nSPS) is 16.1. The zero-order valence-electron chi connectivity index (χ0n) is 18.1. The first-order chi connectivity index (χ1) is 15.3. The Morgan fingerprint density at radius 2 is 1.88 bits per heavy atom. The van der Waals surface area contributed by atoms with Crippen LogP contribution in [0.2, 0.25) is 5.02 Å². The van der Waals surface area contributed by atoms with Crippen molar-refractivity contribution in [2.75, 3.05) is 6.54 Å². The molecule has 2 heterocycles. The Kier molecular flexibility index (Phi) is 6.24. The highest BCUT2D eigenvalue weighted by Crippen LogP contribution is 2.33. The van der Waals surface area contributed by atoms with Crippen LogP contribution in [0.1, 0.15) is 48.8 Å². The van der Waals surface area contributed by atoms with Crippen LogP contribution in [0.4, 0.5) is 0 Å². The summed E-state index contributed by atoms with van der Waals surface area (Å²) in [6.07, 6.45) is 3.39. The minimum Gasteiger partial charge on any atom is -0.338 e. The summed E-state index contributed by atoms with van der Waals surface area (Å²) in [6.45, 7) is 4.09. The summed E-state index contributed by atoms with van der Waals surface area (Å²) in [5.41, 5.74) is 1.07. The van der Waals surface area contributed by atoms with Crippen LogP contribution in [-0.2, 0) is 4.79 Å². The third-order valence-electron chi connectivity index (χ3n) is 5.61. The topological polar surface area (TPSA) is 75.2 Å². The molecule has 32 heavy (non-hydrogen) atoms. The number of aromatic nitrogens is 2. The molecule has 7 heteroatoms. The van der Waals surface area contributed by atoms with Crippen molar-refractivity contribution in [3.05, 3.63) is 83.1 Å². The van der Waals surface area contributed by atoms with Gasteiger partial charge in [-0.15, -0.1) is 0 Å². The van der Waals surface area contributed by atoms with Crippen molar-refractivity contribution < 1.29 is 9.59 Å². The Morgan fingerprint density at radius 3 is 2.62 bits per heavy atom. The van der Waals surface area contributed by atoms with Gasteiger partial charge in [0.25, 0.3) is 5.91 Å². The van der Waals surface area contributed by atoms with E-state index >= 15 is 0 Å². The SMILES string of the molecule is CC(C)(NC(=O)c1ccccc1)C(=O)N1CCC[C@H]1c1ccnc(-c2cccc(Cl)c2)n1. The number of amides is 2. The summed E-state index contributed by atoms with van der Waals surface area (Å²) in [6, 6.07) is 18.0. The fraction of sp³-hybridized carbons (Fsp3) is 0.280. The van der Waals surface area contributed by atoms with Gasteiger partial charge in [0.15, 0.2) is 5.82 Å². The molecule has 1 fully saturated rings. The predicted molar refractivity (Wildman–Crippen MR) is 124 cm³/mol. The number of hydrogen-bond acceptors (Lipinski definition) is 4. The van der Waals surface area contributed by atoms with Crippen molar-refractivity contribution in [3.63, 3.8) is 0 Å². The molecule has 1 aromatic heterocycles. The molecular formula is C25H25ClN4O2. The molecule has 164 valence electrons. The lowest BCUT2D eigenvalue weighted by molar-refractivity contribution is -0.137. The highest BCUT2D eigenvalue weighted by Gasteiger charge is 2.40. The van der Waals surface area contributed by atoms with Crippen LogP contribution in [-0.4, -0.2) is 38.8 Å². The summed E-state index contributed by atoms with van der Waals surface area (Å²) < 4.78 is 0. The van der Waals surface area contributed by atoms with Gasteiger partial charge in [0.05, 0.1) is 11.7 Å². The highest BCUT2D eigenvalue weighted by atomic mass is 35.5. The average Bonchev–Trinajstić information content (AvgIpc) is 3.29. The van der Waals surface area contributed by atoms with Gasteiger partial charge in [0.2, 0.25) is 5.91 Å². The summed E-state index contributed by atoms with van der Waals surface area (Å²) in [4.78, 5) is 37.1. The van der Waals surface area contributed by atoms with E-state index in [-0.39, 0.29) is 17.9 Å². The van der Waals surface area contributed by atoms with Gasteiger partial charge in [-0.05, 0) is 57.0 Å². The minimum absolute atomic E-state index is 0.132. The Morgan fingerprint density at radius 1 is 1.09 bits per heavy atom. The first-order valence-electron chi connectivity index (χ1n) is 10.6. The second-order valence-corrected chi connectivity index (χ2v) is 8.85. The van der Waals surface area contributed by atoms with Gasteiger partial charge >= 0.3 is 0 Å². The maximum atomic E-state index is 13.5. The van der Waals surface area contributed by atoms with Crippen molar-refractivity contribution >= 4 is 23.4 Å². The zero-order valence-corrected chi connectivity index (χ0v) is 18.8. The summed E-state index contributed by atoms with van der Waals surface area (Å²) in [7, 11) is 0. The second-order valence-electron chi connectivity index (χ2n) is 8.42. The van der Waals surface area contributed by atoms with E-state index in [0.717, 1.165) is 24.1 Å². The predicted octanol–water partition coefficient (Wildman–Crippen LogP) is 4.67. The van der Waals surface area contributed by atoms with Crippen molar-refractivity contribution in [3.8, 4) is 11.4 Å². The lowest BCUT2D eigenvalue weighted by Gasteiger charge is -2.33. The summed E-state index contributed by atoms with van der Waals surface area (Å²) in [5, 5.41) is 3.50. The maximum absolute atomic E-state index is 13.5. The molecule has 1 saturated heterocycles. The van der Waals surface area contributed by atoms with Gasteiger partial charge in [-0.3, -0.25) is 9.59 Å². The van der Waals surface area contributed by atoms with Crippen LogP contribution in [0.25, 0.3) is 11.4 Å². The Bertz CT molecular complexity index is 1130. The average molecular weight is 449 g/mol. The van der Waals surface area contributed by atoms with Crippen molar-refractivity contribution in [2.24, 2.45) is 0 Å². The third-order valence-corrected chi connectivity index (χ3v) is 5.85. The molecule has 4 rings (SSSR count). The third kappa shape index (κ3) is 4.65. The fourth-order valence-electron chi connectivity index (χ4n) is 4.00. The second kappa shape index (κ2) is 9.09. The summed E-state index contributed by atoms with van der Waals surface area (Å²) in [5.74, 6) is 0.165. The minimum atomic E-state index is -1.06. The van der Waals surface area contributed by atoms with Crippen LogP contribution in [0.5, 0.6) is 0 Å². The lowest BCUT2D eigenvalue weighted by Crippen LogP contribution is -2.55. The molecule has 1 N–H and O–H groups in total. The van der Waals surface area contributed by atoms with E-state index in [1.165, 1.54) is 0 Å². The highest BCUT2D eigenvalue weighted by molar-refractivity contribution is 6.30. The maximum Gasteiger partial charge on any atom is 0.252 e. The van der Waals surface area contributed by atoms with Crippen LogP contribution in [0, 0.1) is 0 Å². The number of carbonyl (C=O) groups excluding carboxylic acids is 2. The van der Waals surface area contributed by atoms with Crippen LogP contribution in [0.15, 0.2) is 66.9 Å². The Balaban J connectivity index is 1.55. The van der Waals surface area contributed by atoms with Crippen molar-refractivity contribution in [2.45, 2.75) is 38.3 Å². The molecule has 1 aliphatic rings. The standard InChI is InChI=1S/C25H25ClN4O2/c1-25(2,29-23(31)17-8-4-3-5-9-17)24(32)30-15-7-12-21(30)20-13-14-27-22(28-20)18-10-6-11-19(26)16-18/h3-6,8-11,13-14,16,21H,7,12,15H2,1-2H3,(H,29,31)/t21-/m0/s1. The monoisotopic (exact) mass is 448 g/mol. The number of benzene rings is 2. The largest absolute Gasteiger partial charge is 0.338 e. The molecule has 0 aliphatic carbocycles. The number of nitrogens with one attached hydrogen (secondary N) is 1. The van der Waals surface area contributed by atoms with E-state index < -0.39 is 5.54 Å². The van der Waals surface area contributed by atoms with E-state index in [1.54, 1.807) is 50.4 Å². The number of rotatable bonds is 5. The van der Waals surface area contributed by atoms with Gasteiger partial charge in [-0.1, -0.05) is 41.9 Å². The van der Waals surface area contributed by atoms with E-state index in [1.807, 2.05) is 35.2 Å². The smallest absolute Gasteiger partial charge is 0.252 e. The molecule has 1 atom stereocenters. The molecule has 2 amide bonds. The van der Waals surface area contributed by atoms with E-state index in [0.29, 0.717) is 23.0 Å². The first kappa shape index (κ1) is 22.0. The molecule has 3 aromatic rings. The number of nitrogens with zero attached hydrogens (tertiary/aromatic N) is 3. The molecule has 0 saturated carbocycles. The van der Waals surface area contributed by atoms with Gasteiger partial charge in [-0.2, -0.15) is 0 Å². The lowest BCUT2D eigenvalue weighted by atomic mass is 10.0. The van der Waals surface area contributed by atoms with Gasteiger partial charge in [0, 0.05) is 28.9 Å². The molecule has 0 unspecified atom stereocenters. The Hall–Kier alpha value is -3.25. The molecular weight excluding hydrogens is 424 g/mol. The van der Waals surface area contributed by atoms with E-state index in [2.05, 4.69) is 10.3 Å². The van der Waals surface area contributed by atoms with E-state index in [9.17, 15) is 9.59 Å². The van der Waals surface area contributed by atoms with Crippen molar-refractivity contribution in [1.29, 1.82) is 0 Å². The fourth-order valence-corrected chi connectivity index (χ4v) is 4.19. The molecule has 2 aromatic carbocycles. The number of halogens is 1. The van der Waals surface area contributed by atoms with Crippen molar-refractivity contribution in [1.82, 2.24) is 20.2 Å². The molecule has 6 nitrogen and oxygen atoms in total. The van der Waals surface area contributed by atoms with E-state index in [4.69, 9.17) is 16.6 Å². The van der Waals surface area contributed by atoms with Gasteiger partial charge < -0.3 is 10.2 Å². The van der Waals surface area contributed by atoms with Gasteiger partial charge in [-0.25, -0.2) is 9.97 Å². The molecule has 0 spiro atoms. The zero-order chi connectivity index (χ0) is 22.7. The molecule has 0 bridgehead atoms. The van der Waals surface area contributed by atoms with Crippen LogP contribution in [0.3, 0.4) is 0 Å². The van der Waals surface area contributed by atoms with Crippen LogP contribution < -0.4 is 5.32 Å².